The van der Waals surface area contributed by atoms with E-state index in [4.69, 9.17) is 0 Å². The van der Waals surface area contributed by atoms with Crippen LogP contribution in [0.1, 0.15) is 15.9 Å². The van der Waals surface area contributed by atoms with Crippen molar-refractivity contribution in [1.29, 1.82) is 0 Å². The summed E-state index contributed by atoms with van der Waals surface area (Å²) in [4.78, 5) is 17.2. The fourth-order valence-corrected chi connectivity index (χ4v) is 3.04. The van der Waals surface area contributed by atoms with E-state index >= 15 is 0 Å². The molecule has 0 aliphatic heterocycles. The maximum absolute atomic E-state index is 12.6. The third-order valence-corrected chi connectivity index (χ3v) is 5.10. The Morgan fingerprint density at radius 3 is 2.65 bits per heavy atom. The van der Waals surface area contributed by atoms with Gasteiger partial charge in [0.25, 0.3) is 5.91 Å². The van der Waals surface area contributed by atoms with E-state index in [1.165, 1.54) is 0 Å². The van der Waals surface area contributed by atoms with Gasteiger partial charge in [-0.05, 0) is 42.8 Å². The second-order valence-electron chi connectivity index (χ2n) is 6.09. The highest BCUT2D eigenvalue weighted by atomic mass is 79.9. The van der Waals surface area contributed by atoms with E-state index in [0.29, 0.717) is 5.56 Å². The number of hydrogen-bond donors (Lipinski definition) is 1. The maximum Gasteiger partial charge on any atom is 0.255 e. The highest BCUT2D eigenvalue weighted by molar-refractivity contribution is 9.10. The summed E-state index contributed by atoms with van der Waals surface area (Å²) in [7, 11) is 0. The molecule has 0 spiro atoms. The normalized spacial score (nSPS) is 10.8. The van der Waals surface area contributed by atoms with Crippen molar-refractivity contribution in [1.82, 2.24) is 9.38 Å². The summed E-state index contributed by atoms with van der Waals surface area (Å²) in [6.45, 7) is 1.99. The van der Waals surface area contributed by atoms with Gasteiger partial charge in [0.15, 0.2) is 0 Å². The van der Waals surface area contributed by atoms with Crippen LogP contribution in [0, 0.1) is 6.92 Å². The lowest BCUT2D eigenvalue weighted by Crippen LogP contribution is -2.12. The van der Waals surface area contributed by atoms with Gasteiger partial charge < -0.3 is 9.72 Å². The van der Waals surface area contributed by atoms with Gasteiger partial charge >= 0.3 is 0 Å². The van der Waals surface area contributed by atoms with Crippen molar-refractivity contribution in [2.45, 2.75) is 6.92 Å². The highest BCUT2D eigenvalue weighted by Gasteiger charge is 2.10. The zero-order valence-electron chi connectivity index (χ0n) is 14.1. The third-order valence-electron chi connectivity index (χ3n) is 4.21. The Bertz CT molecular complexity index is 1100. The molecule has 1 N–H and O–H groups in total. The zero-order chi connectivity index (χ0) is 18.1. The minimum Gasteiger partial charge on any atom is -0.322 e. The highest BCUT2D eigenvalue weighted by Crippen LogP contribution is 2.22. The van der Waals surface area contributed by atoms with Crippen LogP contribution in [-0.2, 0) is 0 Å². The lowest BCUT2D eigenvalue weighted by molar-refractivity contribution is 0.102. The first-order chi connectivity index (χ1) is 12.6. The summed E-state index contributed by atoms with van der Waals surface area (Å²) >= 11 is 3.47. The molecule has 4 rings (SSSR count). The van der Waals surface area contributed by atoms with Crippen molar-refractivity contribution < 1.29 is 4.79 Å². The molecule has 0 bridgehead atoms. The lowest BCUT2D eigenvalue weighted by atomic mass is 10.2. The number of benzene rings is 2. The van der Waals surface area contributed by atoms with E-state index in [1.807, 2.05) is 72.2 Å². The molecule has 4 aromatic rings. The summed E-state index contributed by atoms with van der Waals surface area (Å²) in [6.07, 6.45) is 3.82. The number of pyridine rings is 1. The lowest BCUT2D eigenvalue weighted by Gasteiger charge is -2.07. The number of imidazole rings is 1. The Kier molecular flexibility index (Phi) is 4.31. The first kappa shape index (κ1) is 16.5. The molecular weight excluding hydrogens is 390 g/mol. The van der Waals surface area contributed by atoms with Crippen molar-refractivity contribution >= 4 is 33.2 Å². The molecule has 0 fully saturated rings. The van der Waals surface area contributed by atoms with Crippen LogP contribution >= 0.6 is 15.9 Å². The van der Waals surface area contributed by atoms with Crippen LogP contribution in [0.25, 0.3) is 16.9 Å². The first-order valence-corrected chi connectivity index (χ1v) is 9.01. The zero-order valence-corrected chi connectivity index (χ0v) is 15.7. The Morgan fingerprint density at radius 1 is 1.08 bits per heavy atom. The number of nitrogens with one attached hydrogen (secondary N) is 1. The Balaban J connectivity index is 1.62. The second-order valence-corrected chi connectivity index (χ2v) is 6.95. The Hall–Kier alpha value is -2.92. The number of carbonyl (C=O) groups is 1. The number of anilines is 1. The number of rotatable bonds is 3. The summed E-state index contributed by atoms with van der Waals surface area (Å²) in [5.41, 5.74) is 5.08. The van der Waals surface area contributed by atoms with E-state index < -0.39 is 0 Å². The number of aromatic nitrogens is 2. The summed E-state index contributed by atoms with van der Waals surface area (Å²) < 4.78 is 2.94. The number of carbonyl (C=O) groups excluding carboxylic acids is 1. The van der Waals surface area contributed by atoms with Gasteiger partial charge in [-0.1, -0.05) is 46.3 Å². The molecule has 0 saturated heterocycles. The number of aryl methyl sites for hydroxylation is 1. The molecule has 5 heteroatoms. The molecule has 128 valence electrons. The standard InChI is InChI=1S/C21H16BrN3O/c1-14-11-17(7-8-18(14)22)23-21(26)16-9-10-25-13-19(24-20(25)12-16)15-5-3-2-4-6-15/h2-13H,1H3,(H,23,26). The Morgan fingerprint density at radius 2 is 1.88 bits per heavy atom. The van der Waals surface area contributed by atoms with E-state index in [-0.39, 0.29) is 5.91 Å². The molecule has 26 heavy (non-hydrogen) atoms. The second kappa shape index (κ2) is 6.77. The molecule has 1 amide bonds. The summed E-state index contributed by atoms with van der Waals surface area (Å²) in [6, 6.07) is 19.3. The predicted octanol–water partition coefficient (Wildman–Crippen LogP) is 5.32. The topological polar surface area (TPSA) is 46.4 Å². The van der Waals surface area contributed by atoms with Gasteiger partial charge in [-0.2, -0.15) is 0 Å². The number of amides is 1. The predicted molar refractivity (Wildman–Crippen MR) is 107 cm³/mol. The maximum atomic E-state index is 12.6. The van der Waals surface area contributed by atoms with Gasteiger partial charge in [0.05, 0.1) is 5.69 Å². The first-order valence-electron chi connectivity index (χ1n) is 8.22. The minimum atomic E-state index is -0.154. The fourth-order valence-electron chi connectivity index (χ4n) is 2.80. The van der Waals surface area contributed by atoms with Crippen molar-refractivity contribution in [3.63, 3.8) is 0 Å². The molecule has 0 radical (unpaired) electrons. The van der Waals surface area contributed by atoms with Crippen LogP contribution in [0.3, 0.4) is 0 Å². The van der Waals surface area contributed by atoms with Gasteiger partial charge in [-0.15, -0.1) is 0 Å². The van der Waals surface area contributed by atoms with Crippen LogP contribution in [0.2, 0.25) is 0 Å². The average molecular weight is 406 g/mol. The van der Waals surface area contributed by atoms with E-state index in [0.717, 1.165) is 32.6 Å². The molecule has 0 aliphatic carbocycles. The van der Waals surface area contributed by atoms with Crippen LogP contribution in [-0.4, -0.2) is 15.3 Å². The van der Waals surface area contributed by atoms with Gasteiger partial charge in [-0.25, -0.2) is 4.98 Å². The molecule has 0 atom stereocenters. The monoisotopic (exact) mass is 405 g/mol. The van der Waals surface area contributed by atoms with Crippen LogP contribution in [0.4, 0.5) is 5.69 Å². The van der Waals surface area contributed by atoms with E-state index in [1.54, 1.807) is 12.1 Å². The van der Waals surface area contributed by atoms with E-state index in [9.17, 15) is 4.79 Å². The molecule has 0 saturated carbocycles. The Labute approximate surface area is 159 Å². The largest absolute Gasteiger partial charge is 0.322 e. The average Bonchev–Trinajstić information content (AvgIpc) is 3.09. The van der Waals surface area contributed by atoms with Crippen molar-refractivity contribution in [2.75, 3.05) is 5.32 Å². The van der Waals surface area contributed by atoms with Gasteiger partial charge in [0, 0.05) is 33.7 Å². The van der Waals surface area contributed by atoms with Crippen LogP contribution < -0.4 is 5.32 Å². The third kappa shape index (κ3) is 3.26. The summed E-state index contributed by atoms with van der Waals surface area (Å²) in [5, 5.41) is 2.93. The summed E-state index contributed by atoms with van der Waals surface area (Å²) in [5.74, 6) is -0.154. The molecule has 0 unspecified atom stereocenters. The number of nitrogens with zero attached hydrogens (tertiary/aromatic N) is 2. The van der Waals surface area contributed by atoms with Crippen LogP contribution in [0.15, 0.2) is 77.5 Å². The van der Waals surface area contributed by atoms with E-state index in [2.05, 4.69) is 26.2 Å². The fraction of sp³-hybridized carbons (Fsp3) is 0.0476. The molecule has 0 aliphatic rings. The smallest absolute Gasteiger partial charge is 0.255 e. The van der Waals surface area contributed by atoms with Crippen molar-refractivity contribution in [3.8, 4) is 11.3 Å². The van der Waals surface area contributed by atoms with Crippen molar-refractivity contribution in [2.24, 2.45) is 0 Å². The van der Waals surface area contributed by atoms with Crippen LogP contribution in [0.5, 0.6) is 0 Å². The van der Waals surface area contributed by atoms with Crippen molar-refractivity contribution in [3.05, 3.63) is 88.7 Å². The molecular formula is C21H16BrN3O. The molecule has 4 nitrogen and oxygen atoms in total. The molecule has 2 aromatic carbocycles. The number of fused-ring (bicyclic) bond motifs is 1. The van der Waals surface area contributed by atoms with Gasteiger partial charge in [0.2, 0.25) is 0 Å². The molecule has 2 heterocycles. The number of hydrogen-bond acceptors (Lipinski definition) is 2. The quantitative estimate of drug-likeness (QED) is 0.500. The SMILES string of the molecule is Cc1cc(NC(=O)c2ccn3cc(-c4ccccc4)nc3c2)ccc1Br. The molecule has 2 aromatic heterocycles. The number of halogens is 1. The van der Waals surface area contributed by atoms with Gasteiger partial charge in [0.1, 0.15) is 5.65 Å². The van der Waals surface area contributed by atoms with Gasteiger partial charge in [-0.3, -0.25) is 4.79 Å². The minimum absolute atomic E-state index is 0.154.